The van der Waals surface area contributed by atoms with Gasteiger partial charge in [-0.05, 0) is 73.5 Å². The number of esters is 2. The molecule has 0 radical (unpaired) electrons. The van der Waals surface area contributed by atoms with Gasteiger partial charge in [0.05, 0.1) is 0 Å². The normalized spacial score (nSPS) is 11.4. The second-order valence-corrected chi connectivity index (χ2v) is 7.30. The first-order valence-electron chi connectivity index (χ1n) is 10.3. The SMILES string of the molecule is NCCc1c[nH]c2ccc(OC(=O)/C=C\C(=O)Oc3ccc4[nH]cc(CCN)c4c3)cc12. The number of carbonyl (C=O) groups is 2. The molecule has 8 heteroatoms. The Morgan fingerprint density at radius 3 is 1.59 bits per heavy atom. The Labute approximate surface area is 184 Å². The van der Waals surface area contributed by atoms with E-state index in [9.17, 15) is 9.59 Å². The van der Waals surface area contributed by atoms with Gasteiger partial charge in [-0.25, -0.2) is 9.59 Å². The molecule has 0 aliphatic rings. The maximum Gasteiger partial charge on any atom is 0.336 e. The summed E-state index contributed by atoms with van der Waals surface area (Å²) < 4.78 is 10.6. The Kier molecular flexibility index (Phi) is 6.34. The third-order valence-corrected chi connectivity index (χ3v) is 5.10. The van der Waals surface area contributed by atoms with Crippen LogP contribution in [0.2, 0.25) is 0 Å². The topological polar surface area (TPSA) is 136 Å². The van der Waals surface area contributed by atoms with Crippen LogP contribution in [0, 0.1) is 0 Å². The van der Waals surface area contributed by atoms with Crippen molar-refractivity contribution in [2.24, 2.45) is 11.5 Å². The summed E-state index contributed by atoms with van der Waals surface area (Å²) in [4.78, 5) is 30.6. The highest BCUT2D eigenvalue weighted by atomic mass is 16.5. The van der Waals surface area contributed by atoms with E-state index in [1.807, 2.05) is 24.5 Å². The monoisotopic (exact) mass is 432 g/mol. The van der Waals surface area contributed by atoms with Crippen molar-refractivity contribution in [1.82, 2.24) is 9.97 Å². The molecule has 0 spiro atoms. The number of rotatable bonds is 8. The number of aromatic amines is 2. The summed E-state index contributed by atoms with van der Waals surface area (Å²) in [7, 11) is 0. The number of fused-ring (bicyclic) bond motifs is 2. The molecule has 4 rings (SSSR count). The van der Waals surface area contributed by atoms with Gasteiger partial charge >= 0.3 is 11.9 Å². The second-order valence-electron chi connectivity index (χ2n) is 7.30. The van der Waals surface area contributed by atoms with Gasteiger partial charge in [0.15, 0.2) is 0 Å². The van der Waals surface area contributed by atoms with Crippen molar-refractivity contribution < 1.29 is 19.1 Å². The van der Waals surface area contributed by atoms with Gasteiger partial charge in [-0.2, -0.15) is 0 Å². The summed E-state index contributed by atoms with van der Waals surface area (Å²) in [5.41, 5.74) is 15.2. The van der Waals surface area contributed by atoms with Crippen molar-refractivity contribution in [3.63, 3.8) is 0 Å². The fourth-order valence-corrected chi connectivity index (χ4v) is 3.60. The third kappa shape index (κ3) is 4.72. The van der Waals surface area contributed by atoms with Crippen molar-refractivity contribution in [2.75, 3.05) is 13.1 Å². The average molecular weight is 432 g/mol. The fourth-order valence-electron chi connectivity index (χ4n) is 3.60. The van der Waals surface area contributed by atoms with Gasteiger partial charge in [-0.1, -0.05) is 0 Å². The van der Waals surface area contributed by atoms with Crippen LogP contribution in [-0.2, 0) is 22.4 Å². The van der Waals surface area contributed by atoms with Gasteiger partial charge in [0.2, 0.25) is 0 Å². The van der Waals surface area contributed by atoms with Gasteiger partial charge in [0, 0.05) is 46.4 Å². The Hall–Kier alpha value is -3.88. The molecule has 2 aromatic heterocycles. The minimum absolute atomic E-state index is 0.378. The molecule has 2 heterocycles. The lowest BCUT2D eigenvalue weighted by molar-refractivity contribution is -0.131. The quantitative estimate of drug-likeness (QED) is 0.192. The number of aromatic nitrogens is 2. The Morgan fingerprint density at radius 1 is 0.750 bits per heavy atom. The van der Waals surface area contributed by atoms with Crippen molar-refractivity contribution in [3.8, 4) is 11.5 Å². The van der Waals surface area contributed by atoms with Gasteiger partial charge in [-0.15, -0.1) is 0 Å². The highest BCUT2D eigenvalue weighted by Gasteiger charge is 2.09. The average Bonchev–Trinajstić information content (AvgIpc) is 3.37. The van der Waals surface area contributed by atoms with Crippen molar-refractivity contribution in [3.05, 3.63) is 72.1 Å². The van der Waals surface area contributed by atoms with E-state index in [-0.39, 0.29) is 0 Å². The van der Waals surface area contributed by atoms with E-state index < -0.39 is 11.9 Å². The molecule has 4 aromatic rings. The van der Waals surface area contributed by atoms with Crippen LogP contribution in [0.4, 0.5) is 0 Å². The summed E-state index contributed by atoms with van der Waals surface area (Å²) in [6.45, 7) is 1.04. The molecule has 0 aliphatic carbocycles. The number of nitrogens with two attached hydrogens (primary N) is 2. The number of H-pyrrole nitrogens is 2. The lowest BCUT2D eigenvalue weighted by Crippen LogP contribution is -2.08. The highest BCUT2D eigenvalue weighted by Crippen LogP contribution is 2.25. The van der Waals surface area contributed by atoms with Crippen LogP contribution in [0.5, 0.6) is 11.5 Å². The third-order valence-electron chi connectivity index (χ3n) is 5.10. The van der Waals surface area contributed by atoms with Crippen molar-refractivity contribution in [2.45, 2.75) is 12.8 Å². The minimum Gasteiger partial charge on any atom is -0.423 e. The molecule has 0 aliphatic heterocycles. The summed E-state index contributed by atoms with van der Waals surface area (Å²) in [5, 5.41) is 1.89. The Morgan fingerprint density at radius 2 is 1.19 bits per heavy atom. The Bertz CT molecular complexity index is 1200. The standard InChI is InChI=1S/C24H24N4O4/c25-9-7-15-13-27-21-3-1-17(11-19(15)21)31-23(29)5-6-24(30)32-18-2-4-22-20(12-18)16(8-10-26)14-28-22/h1-6,11-14,27-28H,7-10,25-26H2/b6-5-. The van der Waals surface area contributed by atoms with E-state index in [0.717, 1.165) is 45.1 Å². The first kappa shape index (κ1) is 21.4. The molecule has 8 nitrogen and oxygen atoms in total. The van der Waals surface area contributed by atoms with Crippen LogP contribution >= 0.6 is 0 Å². The first-order chi connectivity index (χ1) is 15.6. The summed E-state index contributed by atoms with van der Waals surface area (Å²) in [5.74, 6) is -0.598. The second kappa shape index (κ2) is 9.51. The molecule has 0 atom stereocenters. The van der Waals surface area contributed by atoms with Crippen LogP contribution in [0.1, 0.15) is 11.1 Å². The minimum atomic E-state index is -0.677. The maximum atomic E-state index is 12.2. The summed E-state index contributed by atoms with van der Waals surface area (Å²) >= 11 is 0. The van der Waals surface area contributed by atoms with Gasteiger partial charge in [-0.3, -0.25) is 0 Å². The molecular formula is C24H24N4O4. The van der Waals surface area contributed by atoms with E-state index >= 15 is 0 Å². The molecule has 2 aromatic carbocycles. The zero-order valence-corrected chi connectivity index (χ0v) is 17.4. The zero-order valence-electron chi connectivity index (χ0n) is 17.4. The first-order valence-corrected chi connectivity index (χ1v) is 10.3. The van der Waals surface area contributed by atoms with Gasteiger partial charge in [0.1, 0.15) is 11.5 Å². The molecule has 0 saturated carbocycles. The van der Waals surface area contributed by atoms with E-state index in [4.69, 9.17) is 20.9 Å². The van der Waals surface area contributed by atoms with E-state index in [0.29, 0.717) is 37.4 Å². The maximum absolute atomic E-state index is 12.2. The molecule has 0 saturated heterocycles. The van der Waals surface area contributed by atoms with Crippen LogP contribution in [0.15, 0.2) is 60.9 Å². The zero-order chi connectivity index (χ0) is 22.5. The van der Waals surface area contributed by atoms with Crippen LogP contribution in [0.25, 0.3) is 21.8 Å². The van der Waals surface area contributed by atoms with Gasteiger partial charge in [0.25, 0.3) is 0 Å². The number of hydrogen-bond acceptors (Lipinski definition) is 6. The lowest BCUT2D eigenvalue weighted by Gasteiger charge is -2.04. The predicted molar refractivity (Wildman–Crippen MR) is 123 cm³/mol. The fraction of sp³-hybridized carbons (Fsp3) is 0.167. The van der Waals surface area contributed by atoms with Gasteiger partial charge < -0.3 is 30.9 Å². The molecule has 0 unspecified atom stereocenters. The number of benzene rings is 2. The van der Waals surface area contributed by atoms with Crippen LogP contribution < -0.4 is 20.9 Å². The molecule has 0 bridgehead atoms. The van der Waals surface area contributed by atoms with Crippen LogP contribution in [-0.4, -0.2) is 35.0 Å². The van der Waals surface area contributed by atoms with Crippen molar-refractivity contribution in [1.29, 1.82) is 0 Å². The largest absolute Gasteiger partial charge is 0.423 e. The summed E-state index contributed by atoms with van der Waals surface area (Å²) in [6.07, 6.45) is 7.29. The van der Waals surface area contributed by atoms with E-state index in [1.165, 1.54) is 0 Å². The highest BCUT2D eigenvalue weighted by molar-refractivity contribution is 5.94. The van der Waals surface area contributed by atoms with E-state index in [1.54, 1.807) is 24.3 Å². The molecule has 164 valence electrons. The molecule has 0 amide bonds. The number of carbonyl (C=O) groups excluding carboxylic acids is 2. The molecular weight excluding hydrogens is 408 g/mol. The van der Waals surface area contributed by atoms with E-state index in [2.05, 4.69) is 9.97 Å². The summed E-state index contributed by atoms with van der Waals surface area (Å²) in [6, 6.07) is 10.6. The molecule has 32 heavy (non-hydrogen) atoms. The smallest absolute Gasteiger partial charge is 0.336 e. The Balaban J connectivity index is 1.39. The molecule has 0 fully saturated rings. The predicted octanol–water partition coefficient (Wildman–Crippen LogP) is 2.72. The number of nitrogens with one attached hydrogen (secondary N) is 2. The molecule has 6 N–H and O–H groups in total. The van der Waals surface area contributed by atoms with Crippen molar-refractivity contribution >= 4 is 33.7 Å². The lowest BCUT2D eigenvalue weighted by atomic mass is 10.1. The number of ether oxygens (including phenoxy) is 2. The van der Waals surface area contributed by atoms with Crippen LogP contribution in [0.3, 0.4) is 0 Å². The number of hydrogen-bond donors (Lipinski definition) is 4.